The number of hydrogen-bond acceptors (Lipinski definition) is 8. The van der Waals surface area contributed by atoms with Crippen molar-refractivity contribution in [1.29, 1.82) is 0 Å². The Hall–Kier alpha value is -2.58. The van der Waals surface area contributed by atoms with Gasteiger partial charge >= 0.3 is 5.97 Å². The Morgan fingerprint density at radius 3 is 1.97 bits per heavy atom. The number of nitrogens with two attached hydrogens (primary N) is 3. The first-order chi connectivity index (χ1) is 14.8. The van der Waals surface area contributed by atoms with Crippen LogP contribution >= 0.6 is 12.6 Å². The molecule has 14 heteroatoms. The smallest absolute Gasteiger partial charge is 0.326 e. The number of nitrogens with zero attached hydrogens (tertiary/aromatic N) is 1. The number of rotatable bonds is 14. The molecule has 184 valence electrons. The van der Waals surface area contributed by atoms with E-state index in [0.29, 0.717) is 6.42 Å². The van der Waals surface area contributed by atoms with Crippen LogP contribution in [0.3, 0.4) is 0 Å². The average Bonchev–Trinajstić information content (AvgIpc) is 2.70. The number of carboxylic acid groups (broad SMARTS) is 1. The Morgan fingerprint density at radius 1 is 0.969 bits per heavy atom. The van der Waals surface area contributed by atoms with E-state index in [4.69, 9.17) is 17.2 Å². The summed E-state index contributed by atoms with van der Waals surface area (Å²) in [5.41, 5.74) is 16.2. The van der Waals surface area contributed by atoms with Gasteiger partial charge in [0.05, 0.1) is 12.1 Å². The lowest BCUT2D eigenvalue weighted by atomic mass is 10.0. The fraction of sp³-hybridized carbons (Fsp3) is 0.722. The molecule has 0 aliphatic heterocycles. The van der Waals surface area contributed by atoms with E-state index in [1.54, 1.807) is 13.8 Å². The number of amides is 3. The van der Waals surface area contributed by atoms with E-state index in [9.17, 15) is 29.4 Å². The lowest BCUT2D eigenvalue weighted by Gasteiger charge is -2.27. The van der Waals surface area contributed by atoms with Crippen molar-refractivity contribution in [3.63, 3.8) is 0 Å². The molecule has 11 N–H and O–H groups in total. The highest BCUT2D eigenvalue weighted by molar-refractivity contribution is 7.80. The minimum Gasteiger partial charge on any atom is -0.480 e. The fourth-order valence-corrected chi connectivity index (χ4v) is 2.72. The van der Waals surface area contributed by atoms with Gasteiger partial charge in [-0.05, 0) is 25.7 Å². The fourth-order valence-electron chi connectivity index (χ4n) is 2.55. The zero-order valence-corrected chi connectivity index (χ0v) is 19.3. The van der Waals surface area contributed by atoms with Gasteiger partial charge < -0.3 is 43.4 Å². The molecule has 0 aliphatic carbocycles. The lowest BCUT2D eigenvalue weighted by Crippen LogP contribution is -2.60. The van der Waals surface area contributed by atoms with E-state index in [-0.39, 0.29) is 24.7 Å². The summed E-state index contributed by atoms with van der Waals surface area (Å²) in [6.45, 7) is 4.65. The van der Waals surface area contributed by atoms with Crippen LogP contribution in [0.4, 0.5) is 0 Å². The summed E-state index contributed by atoms with van der Waals surface area (Å²) < 4.78 is 0. The molecule has 0 aliphatic rings. The van der Waals surface area contributed by atoms with Crippen LogP contribution in [0.5, 0.6) is 0 Å². The molecule has 0 heterocycles. The molecule has 0 radical (unpaired) electrons. The minimum absolute atomic E-state index is 0.0403. The number of aliphatic hydroxyl groups excluding tert-OH is 1. The quantitative estimate of drug-likeness (QED) is 0.0531. The molecule has 0 aromatic heterocycles. The monoisotopic (exact) mass is 477 g/mol. The Labute approximate surface area is 192 Å². The van der Waals surface area contributed by atoms with Gasteiger partial charge in [-0.1, -0.05) is 13.8 Å². The summed E-state index contributed by atoms with van der Waals surface area (Å²) in [6.07, 6.45) is -0.934. The Morgan fingerprint density at radius 2 is 1.53 bits per heavy atom. The summed E-state index contributed by atoms with van der Waals surface area (Å²) in [4.78, 5) is 52.7. The van der Waals surface area contributed by atoms with Crippen molar-refractivity contribution in [2.45, 2.75) is 63.9 Å². The van der Waals surface area contributed by atoms with Gasteiger partial charge in [-0.3, -0.25) is 19.4 Å². The molecule has 0 saturated carbocycles. The van der Waals surface area contributed by atoms with E-state index < -0.39 is 59.9 Å². The van der Waals surface area contributed by atoms with Crippen molar-refractivity contribution >= 4 is 42.3 Å². The molecule has 3 amide bonds. The van der Waals surface area contributed by atoms with Gasteiger partial charge in [0.2, 0.25) is 17.7 Å². The molecule has 0 bridgehead atoms. The second-order valence-electron chi connectivity index (χ2n) is 7.59. The zero-order chi connectivity index (χ0) is 25.0. The second kappa shape index (κ2) is 14.5. The number of aliphatic carboxylic acids is 1. The van der Waals surface area contributed by atoms with Crippen LogP contribution in [-0.4, -0.2) is 82.4 Å². The van der Waals surface area contributed by atoms with Crippen molar-refractivity contribution < 1.29 is 29.4 Å². The summed E-state index contributed by atoms with van der Waals surface area (Å²) in [7, 11) is 0. The van der Waals surface area contributed by atoms with E-state index in [2.05, 4.69) is 33.6 Å². The Balaban J connectivity index is 5.44. The van der Waals surface area contributed by atoms with Gasteiger partial charge in [0.25, 0.3) is 0 Å². The number of carboxylic acids is 1. The van der Waals surface area contributed by atoms with Crippen LogP contribution in [0, 0.1) is 5.92 Å². The molecule has 0 aromatic rings. The predicted molar refractivity (Wildman–Crippen MR) is 122 cm³/mol. The van der Waals surface area contributed by atoms with Crippen LogP contribution in [0.1, 0.15) is 33.6 Å². The molecule has 0 saturated heterocycles. The van der Waals surface area contributed by atoms with Crippen molar-refractivity contribution in [2.75, 3.05) is 12.3 Å². The van der Waals surface area contributed by atoms with Gasteiger partial charge in [0.15, 0.2) is 5.96 Å². The van der Waals surface area contributed by atoms with Gasteiger partial charge in [-0.15, -0.1) is 0 Å². The molecular weight excluding hydrogens is 442 g/mol. The topological polar surface area (TPSA) is 235 Å². The summed E-state index contributed by atoms with van der Waals surface area (Å²) in [5, 5.41) is 26.4. The highest BCUT2D eigenvalue weighted by Gasteiger charge is 2.33. The first-order valence-electron chi connectivity index (χ1n) is 10.1. The summed E-state index contributed by atoms with van der Waals surface area (Å²) in [5.74, 6) is -4.07. The number of thiol groups is 1. The summed E-state index contributed by atoms with van der Waals surface area (Å²) in [6, 6.07) is -4.76. The van der Waals surface area contributed by atoms with Crippen molar-refractivity contribution in [3.05, 3.63) is 0 Å². The number of aliphatic imine (C=N–C) groups is 1. The third-order valence-electron chi connectivity index (χ3n) is 4.40. The number of guanidine groups is 1. The molecule has 5 atom stereocenters. The average molecular weight is 478 g/mol. The van der Waals surface area contributed by atoms with Crippen molar-refractivity contribution in [1.82, 2.24) is 16.0 Å². The molecule has 0 aromatic carbocycles. The van der Waals surface area contributed by atoms with Gasteiger partial charge in [0, 0.05) is 12.3 Å². The van der Waals surface area contributed by atoms with Crippen molar-refractivity contribution in [3.8, 4) is 0 Å². The molecule has 0 fully saturated rings. The molecule has 13 nitrogen and oxygen atoms in total. The van der Waals surface area contributed by atoms with E-state index in [1.807, 2.05) is 0 Å². The van der Waals surface area contributed by atoms with Gasteiger partial charge in [-0.25, -0.2) is 4.79 Å². The molecule has 5 unspecified atom stereocenters. The van der Waals surface area contributed by atoms with Crippen LogP contribution in [-0.2, 0) is 19.2 Å². The SMILES string of the molecule is CC(C)C(NC(=O)C(NC(=O)C(CCCN=C(N)N)NC(=O)C(N)CS)C(C)O)C(=O)O. The van der Waals surface area contributed by atoms with E-state index >= 15 is 0 Å². The maximum absolute atomic E-state index is 12.8. The molecule has 32 heavy (non-hydrogen) atoms. The first-order valence-corrected chi connectivity index (χ1v) is 10.7. The third-order valence-corrected chi connectivity index (χ3v) is 4.80. The maximum Gasteiger partial charge on any atom is 0.326 e. The van der Waals surface area contributed by atoms with Crippen LogP contribution < -0.4 is 33.2 Å². The number of hydrogen-bond donors (Lipinski definition) is 9. The zero-order valence-electron chi connectivity index (χ0n) is 18.4. The standard InChI is InChI=1S/C18H35N7O6S/c1-8(2)12(17(30)31)24-16(29)13(9(3)26)25-15(28)11(5-4-6-22-18(20)21)23-14(27)10(19)7-32/h8-13,26,32H,4-7,19H2,1-3H3,(H,23,27)(H,24,29)(H,25,28)(H,30,31)(H4,20,21,22). The van der Waals surface area contributed by atoms with E-state index in [0.717, 1.165) is 0 Å². The van der Waals surface area contributed by atoms with E-state index in [1.165, 1.54) is 6.92 Å². The van der Waals surface area contributed by atoms with Crippen LogP contribution in [0.15, 0.2) is 4.99 Å². The van der Waals surface area contributed by atoms with Crippen LogP contribution in [0.2, 0.25) is 0 Å². The lowest BCUT2D eigenvalue weighted by molar-refractivity contribution is -0.144. The first kappa shape index (κ1) is 29.4. The number of aliphatic hydroxyl groups is 1. The highest BCUT2D eigenvalue weighted by Crippen LogP contribution is 2.06. The number of nitrogens with one attached hydrogen (secondary N) is 3. The molecular formula is C18H35N7O6S. The second-order valence-corrected chi connectivity index (χ2v) is 7.96. The Kier molecular flexibility index (Phi) is 13.3. The van der Waals surface area contributed by atoms with Gasteiger partial charge in [-0.2, -0.15) is 12.6 Å². The molecule has 0 rings (SSSR count). The van der Waals surface area contributed by atoms with Crippen LogP contribution in [0.25, 0.3) is 0 Å². The normalized spacial score (nSPS) is 15.6. The largest absolute Gasteiger partial charge is 0.480 e. The highest BCUT2D eigenvalue weighted by atomic mass is 32.1. The summed E-state index contributed by atoms with van der Waals surface area (Å²) >= 11 is 3.95. The van der Waals surface area contributed by atoms with Crippen molar-refractivity contribution in [2.24, 2.45) is 28.1 Å². The predicted octanol–water partition coefficient (Wildman–Crippen LogP) is -3.13. The minimum atomic E-state index is -1.46. The Bertz CT molecular complexity index is 685. The third kappa shape index (κ3) is 10.6. The maximum atomic E-state index is 12.8. The number of carbonyl (C=O) groups excluding carboxylic acids is 3. The van der Waals surface area contributed by atoms with Gasteiger partial charge in [0.1, 0.15) is 18.1 Å². The number of carbonyl (C=O) groups is 4. The molecule has 0 spiro atoms.